The molecule has 0 atom stereocenters. The van der Waals surface area contributed by atoms with E-state index in [9.17, 15) is 12.8 Å². The third kappa shape index (κ3) is 3.50. The second-order valence-electron chi connectivity index (χ2n) is 7.91. The molecule has 34 heavy (non-hydrogen) atoms. The van der Waals surface area contributed by atoms with Crippen LogP contribution in [0, 0.1) is 19.8 Å². The van der Waals surface area contributed by atoms with E-state index in [-0.39, 0.29) is 22.2 Å². The molecule has 0 spiro atoms. The van der Waals surface area contributed by atoms with Crippen LogP contribution in [0.5, 0.6) is 0 Å². The first-order chi connectivity index (χ1) is 16.3. The summed E-state index contributed by atoms with van der Waals surface area (Å²) in [6.45, 7) is 3.52. The number of nitrogens with two attached hydrogens (primary N) is 1. The zero-order valence-electron chi connectivity index (χ0n) is 18.4. The van der Waals surface area contributed by atoms with Gasteiger partial charge in [0.25, 0.3) is 10.0 Å². The first-order valence-electron chi connectivity index (χ1n) is 10.5. The summed E-state index contributed by atoms with van der Waals surface area (Å²) < 4.78 is 42.8. The molecule has 5 aromatic rings. The molecule has 0 bridgehead atoms. The molecule has 2 N–H and O–H groups in total. The molecule has 0 aliphatic rings. The Kier molecular flexibility index (Phi) is 5.13. The molecule has 170 valence electrons. The maximum atomic E-state index is 14.0. The number of aryl methyl sites for hydroxylation is 1. The van der Waals surface area contributed by atoms with Gasteiger partial charge in [-0.1, -0.05) is 48.0 Å². The van der Waals surface area contributed by atoms with Gasteiger partial charge in [-0.05, 0) is 37.6 Å². The van der Waals surface area contributed by atoms with Crippen molar-refractivity contribution in [1.29, 1.82) is 0 Å². The molecule has 3 aromatic heterocycles. The van der Waals surface area contributed by atoms with Gasteiger partial charge in [-0.15, -0.1) is 0 Å². The average Bonchev–Trinajstić information content (AvgIpc) is 3.13. The summed E-state index contributed by atoms with van der Waals surface area (Å²) in [5.74, 6) is -0.312. The second-order valence-corrected chi connectivity index (χ2v) is 9.69. The number of benzene rings is 2. The number of fused-ring (bicyclic) bond motifs is 1. The van der Waals surface area contributed by atoms with Crippen molar-refractivity contribution in [2.45, 2.75) is 18.7 Å². The van der Waals surface area contributed by atoms with Crippen LogP contribution in [-0.4, -0.2) is 27.3 Å². The molecule has 0 saturated heterocycles. The van der Waals surface area contributed by atoms with Crippen molar-refractivity contribution in [1.82, 2.24) is 18.9 Å². The Morgan fingerprint density at radius 2 is 1.62 bits per heavy atom. The average molecular weight is 474 g/mol. The predicted molar refractivity (Wildman–Crippen MR) is 129 cm³/mol. The predicted octanol–water partition coefficient (Wildman–Crippen LogP) is 4.74. The van der Waals surface area contributed by atoms with Crippen molar-refractivity contribution >= 4 is 26.9 Å². The number of pyridine rings is 1. The number of rotatable bonds is 4. The molecule has 0 radical (unpaired) electrons. The molecule has 9 heteroatoms. The van der Waals surface area contributed by atoms with Crippen molar-refractivity contribution in [2.75, 3.05) is 5.73 Å². The molecule has 0 aliphatic heterocycles. The summed E-state index contributed by atoms with van der Waals surface area (Å²) in [6.07, 6.45) is 1.32. The lowest BCUT2D eigenvalue weighted by Gasteiger charge is -2.11. The molecule has 0 unspecified atom stereocenters. The van der Waals surface area contributed by atoms with Crippen LogP contribution in [0.1, 0.15) is 11.3 Å². The molecule has 5 rings (SSSR count). The monoisotopic (exact) mass is 473 g/mol. The van der Waals surface area contributed by atoms with Crippen LogP contribution in [0.4, 0.5) is 10.2 Å². The zero-order valence-corrected chi connectivity index (χ0v) is 19.2. The van der Waals surface area contributed by atoms with Gasteiger partial charge in [-0.2, -0.15) is 4.39 Å². The van der Waals surface area contributed by atoms with Crippen molar-refractivity contribution in [3.05, 3.63) is 90.1 Å². The summed E-state index contributed by atoms with van der Waals surface area (Å²) >= 11 is 0. The number of anilines is 1. The summed E-state index contributed by atoms with van der Waals surface area (Å²) in [6, 6.07) is 18.5. The Balaban J connectivity index is 1.89. The van der Waals surface area contributed by atoms with E-state index in [4.69, 9.17) is 5.73 Å². The third-order valence-corrected chi connectivity index (χ3v) is 7.43. The lowest BCUT2D eigenvalue weighted by atomic mass is 10.0. The van der Waals surface area contributed by atoms with Gasteiger partial charge in [0, 0.05) is 29.1 Å². The Hall–Kier alpha value is -4.11. The van der Waals surface area contributed by atoms with Crippen LogP contribution in [0.2, 0.25) is 0 Å². The van der Waals surface area contributed by atoms with Crippen molar-refractivity contribution in [3.63, 3.8) is 0 Å². The smallest absolute Gasteiger partial charge is 0.269 e. The largest absolute Gasteiger partial charge is 0.383 e. The van der Waals surface area contributed by atoms with Gasteiger partial charge >= 0.3 is 0 Å². The Bertz CT molecular complexity index is 1650. The molecular weight excluding hydrogens is 453 g/mol. The fourth-order valence-corrected chi connectivity index (χ4v) is 5.53. The van der Waals surface area contributed by atoms with E-state index >= 15 is 0 Å². The van der Waals surface area contributed by atoms with Gasteiger partial charge in [0.15, 0.2) is 11.5 Å². The Labute approximate surface area is 195 Å². The quantitative estimate of drug-likeness (QED) is 0.378. The lowest BCUT2D eigenvalue weighted by molar-refractivity contribution is 0.584. The third-order valence-electron chi connectivity index (χ3n) is 5.63. The number of hydrogen-bond donors (Lipinski definition) is 1. The minimum atomic E-state index is -4.06. The summed E-state index contributed by atoms with van der Waals surface area (Å²) in [7, 11) is -4.06. The summed E-state index contributed by atoms with van der Waals surface area (Å²) in [5, 5.41) is 0.332. The van der Waals surface area contributed by atoms with E-state index in [0.717, 1.165) is 9.54 Å². The zero-order chi connectivity index (χ0) is 24.0. The van der Waals surface area contributed by atoms with E-state index in [1.807, 2.05) is 37.3 Å². The highest BCUT2D eigenvalue weighted by molar-refractivity contribution is 7.90. The van der Waals surface area contributed by atoms with Crippen LogP contribution in [0.15, 0.2) is 77.8 Å². The number of halogens is 1. The molecule has 0 fully saturated rings. The van der Waals surface area contributed by atoms with Crippen molar-refractivity contribution in [2.24, 2.45) is 0 Å². The normalized spacial score (nSPS) is 11.7. The summed E-state index contributed by atoms with van der Waals surface area (Å²) in [4.78, 5) is 12.8. The first kappa shape index (κ1) is 21.7. The Morgan fingerprint density at radius 3 is 2.29 bits per heavy atom. The highest BCUT2D eigenvalue weighted by Gasteiger charge is 2.29. The SMILES string of the molecule is Cc1ccc(S(=O)(=O)n2c(C)c(-c3ccnc(F)c3)c3c(N)nc(-c4ccccc4)nc32)cc1. The molecule has 3 heterocycles. The number of hydrogen-bond acceptors (Lipinski definition) is 6. The fraction of sp³-hybridized carbons (Fsp3) is 0.0800. The molecule has 7 nitrogen and oxygen atoms in total. The van der Waals surface area contributed by atoms with Crippen LogP contribution < -0.4 is 5.73 Å². The first-order valence-corrected chi connectivity index (χ1v) is 11.9. The number of nitrogens with zero attached hydrogens (tertiary/aromatic N) is 4. The molecule has 0 amide bonds. The van der Waals surface area contributed by atoms with Crippen molar-refractivity contribution in [3.8, 4) is 22.5 Å². The van der Waals surface area contributed by atoms with E-state index < -0.39 is 16.0 Å². The minimum Gasteiger partial charge on any atom is -0.383 e. The standard InChI is InChI=1S/C25H20FN5O2S/c1-15-8-10-19(11-9-15)34(32,33)31-16(2)21(18-12-13-28-20(26)14-18)22-23(27)29-24(30-25(22)31)17-6-4-3-5-7-17/h3-14H,1-2H3,(H2,27,29,30). The van der Waals surface area contributed by atoms with E-state index in [2.05, 4.69) is 15.0 Å². The Morgan fingerprint density at radius 1 is 0.912 bits per heavy atom. The van der Waals surface area contributed by atoms with Gasteiger partial charge in [0.1, 0.15) is 5.82 Å². The maximum absolute atomic E-state index is 14.0. The van der Waals surface area contributed by atoms with Crippen LogP contribution in [0.25, 0.3) is 33.5 Å². The molecular formula is C25H20FN5O2S. The number of aromatic nitrogens is 4. The second kappa shape index (κ2) is 8.03. The van der Waals surface area contributed by atoms with Crippen LogP contribution >= 0.6 is 0 Å². The highest BCUT2D eigenvalue weighted by atomic mass is 32.2. The lowest BCUT2D eigenvalue weighted by Crippen LogP contribution is -2.15. The molecule has 0 saturated carbocycles. The molecule has 2 aromatic carbocycles. The van der Waals surface area contributed by atoms with Gasteiger partial charge < -0.3 is 5.73 Å². The topological polar surface area (TPSA) is 104 Å². The maximum Gasteiger partial charge on any atom is 0.269 e. The summed E-state index contributed by atoms with van der Waals surface area (Å²) in [5.41, 5.74) is 9.32. The van der Waals surface area contributed by atoms with Gasteiger partial charge in [0.05, 0.1) is 10.3 Å². The van der Waals surface area contributed by atoms with E-state index in [1.54, 1.807) is 37.3 Å². The van der Waals surface area contributed by atoms with Crippen LogP contribution in [-0.2, 0) is 10.0 Å². The van der Waals surface area contributed by atoms with Crippen LogP contribution in [0.3, 0.4) is 0 Å². The minimum absolute atomic E-state index is 0.0945. The molecule has 0 aliphatic carbocycles. The van der Waals surface area contributed by atoms with Gasteiger partial charge in [-0.3, -0.25) is 0 Å². The number of nitrogen functional groups attached to an aromatic ring is 1. The van der Waals surface area contributed by atoms with E-state index in [1.165, 1.54) is 12.3 Å². The van der Waals surface area contributed by atoms with Crippen molar-refractivity contribution < 1.29 is 12.8 Å². The van der Waals surface area contributed by atoms with E-state index in [0.29, 0.717) is 27.8 Å². The fourth-order valence-electron chi connectivity index (χ4n) is 4.03. The highest BCUT2D eigenvalue weighted by Crippen LogP contribution is 2.39. The van der Waals surface area contributed by atoms with Gasteiger partial charge in [-0.25, -0.2) is 27.3 Å². The van der Waals surface area contributed by atoms with Gasteiger partial charge in [0.2, 0.25) is 5.95 Å².